The van der Waals surface area contributed by atoms with Gasteiger partial charge in [0.1, 0.15) is 0 Å². The molecule has 0 heterocycles. The lowest BCUT2D eigenvalue weighted by atomic mass is 10.1. The first kappa shape index (κ1) is 18.6. The second-order valence-corrected chi connectivity index (χ2v) is 6.28. The van der Waals surface area contributed by atoms with E-state index in [4.69, 9.17) is 4.74 Å². The Morgan fingerprint density at radius 3 is 2.67 bits per heavy atom. The van der Waals surface area contributed by atoms with Crippen LogP contribution in [-0.4, -0.2) is 37.7 Å². The minimum absolute atomic E-state index is 0.563. The van der Waals surface area contributed by atoms with Crippen molar-refractivity contribution in [3.63, 3.8) is 0 Å². The monoisotopic (exact) mass is 356 g/mol. The lowest BCUT2D eigenvalue weighted by Gasteiger charge is -2.28. The topological polar surface area (TPSA) is 24.5 Å². The summed E-state index contributed by atoms with van der Waals surface area (Å²) >= 11 is 3.72. The summed E-state index contributed by atoms with van der Waals surface area (Å²) < 4.78 is 6.43. The molecule has 0 spiro atoms. The van der Waals surface area contributed by atoms with Gasteiger partial charge in [-0.15, -0.1) is 0 Å². The van der Waals surface area contributed by atoms with Crippen LogP contribution in [0.4, 0.5) is 0 Å². The van der Waals surface area contributed by atoms with E-state index in [-0.39, 0.29) is 0 Å². The molecule has 0 saturated heterocycles. The molecule has 0 fully saturated rings. The van der Waals surface area contributed by atoms with E-state index < -0.39 is 0 Å². The molecule has 4 heteroatoms. The van der Waals surface area contributed by atoms with E-state index in [1.807, 2.05) is 0 Å². The minimum atomic E-state index is 0.563. The molecular formula is C17H29BrN2O. The molecule has 0 saturated carbocycles. The van der Waals surface area contributed by atoms with Gasteiger partial charge in [-0.1, -0.05) is 41.9 Å². The molecule has 1 rings (SSSR count). The maximum atomic E-state index is 5.24. The fraction of sp³-hybridized carbons (Fsp3) is 0.647. The van der Waals surface area contributed by atoms with Gasteiger partial charge in [-0.05, 0) is 37.1 Å². The summed E-state index contributed by atoms with van der Waals surface area (Å²) in [6.07, 6.45) is 1.15. The predicted octanol–water partition coefficient (Wildman–Crippen LogP) is 3.81. The Morgan fingerprint density at radius 2 is 2.10 bits per heavy atom. The van der Waals surface area contributed by atoms with Crippen molar-refractivity contribution in [2.45, 2.75) is 46.3 Å². The van der Waals surface area contributed by atoms with Crippen LogP contribution in [0.3, 0.4) is 0 Å². The highest BCUT2D eigenvalue weighted by Crippen LogP contribution is 2.21. The van der Waals surface area contributed by atoms with E-state index in [0.717, 1.165) is 39.2 Å². The quantitative estimate of drug-likeness (QED) is 0.689. The summed E-state index contributed by atoms with van der Waals surface area (Å²) in [5, 5.41) is 3.36. The van der Waals surface area contributed by atoms with Gasteiger partial charge < -0.3 is 10.1 Å². The van der Waals surface area contributed by atoms with E-state index in [1.165, 1.54) is 15.6 Å². The number of hydrogen-bond acceptors (Lipinski definition) is 3. The Kier molecular flexibility index (Phi) is 9.16. The van der Waals surface area contributed by atoms with Gasteiger partial charge in [0.2, 0.25) is 0 Å². The number of hydrogen-bond donors (Lipinski definition) is 1. The number of methoxy groups -OCH3 is 1. The molecule has 1 atom stereocenters. The van der Waals surface area contributed by atoms with E-state index >= 15 is 0 Å². The van der Waals surface area contributed by atoms with Crippen LogP contribution in [0.2, 0.25) is 0 Å². The Morgan fingerprint density at radius 1 is 1.33 bits per heavy atom. The number of nitrogens with zero attached hydrogens (tertiary/aromatic N) is 1. The van der Waals surface area contributed by atoms with E-state index in [2.05, 4.69) is 65.1 Å². The minimum Gasteiger partial charge on any atom is -0.383 e. The molecule has 0 aliphatic heterocycles. The number of nitrogens with one attached hydrogen (secondary N) is 1. The summed E-state index contributed by atoms with van der Waals surface area (Å²) in [4.78, 5) is 2.48. The van der Waals surface area contributed by atoms with Gasteiger partial charge in [0.15, 0.2) is 0 Å². The van der Waals surface area contributed by atoms with E-state index in [0.29, 0.717) is 6.04 Å². The molecular weight excluding hydrogens is 328 g/mol. The Labute approximate surface area is 138 Å². The van der Waals surface area contributed by atoms with Crippen molar-refractivity contribution >= 4 is 15.9 Å². The third kappa shape index (κ3) is 6.47. The maximum absolute atomic E-state index is 5.24. The average Bonchev–Trinajstić information content (AvgIpc) is 2.50. The van der Waals surface area contributed by atoms with Crippen molar-refractivity contribution < 1.29 is 4.74 Å². The van der Waals surface area contributed by atoms with Crippen LogP contribution >= 0.6 is 15.9 Å². The number of rotatable bonds is 10. The zero-order valence-corrected chi connectivity index (χ0v) is 15.4. The summed E-state index contributed by atoms with van der Waals surface area (Å²) in [6.45, 7) is 11.3. The van der Waals surface area contributed by atoms with Crippen molar-refractivity contribution in [2.75, 3.05) is 26.8 Å². The molecule has 0 aliphatic rings. The van der Waals surface area contributed by atoms with Gasteiger partial charge in [-0.25, -0.2) is 0 Å². The van der Waals surface area contributed by atoms with Crippen LogP contribution in [0.25, 0.3) is 0 Å². The van der Waals surface area contributed by atoms with E-state index in [1.54, 1.807) is 7.11 Å². The molecule has 21 heavy (non-hydrogen) atoms. The molecule has 0 aromatic heterocycles. The standard InChI is InChI=1S/C17H29BrN2O/c1-5-14(3)20(9-10-21-4)13-16-8-7-15(11-17(16)18)12-19-6-2/h7-8,11,14,19H,5-6,9-10,12-13H2,1-4H3. The van der Waals surface area contributed by atoms with Gasteiger partial charge in [0, 0.05) is 37.3 Å². The predicted molar refractivity (Wildman–Crippen MR) is 93.6 cm³/mol. The van der Waals surface area contributed by atoms with E-state index in [9.17, 15) is 0 Å². The summed E-state index contributed by atoms with van der Waals surface area (Å²) in [5.74, 6) is 0. The molecule has 3 nitrogen and oxygen atoms in total. The van der Waals surface area contributed by atoms with Crippen molar-refractivity contribution in [3.05, 3.63) is 33.8 Å². The first-order valence-corrected chi connectivity index (χ1v) is 8.62. The molecule has 0 radical (unpaired) electrons. The molecule has 0 aliphatic carbocycles. The lowest BCUT2D eigenvalue weighted by molar-refractivity contribution is 0.118. The smallest absolute Gasteiger partial charge is 0.0589 e. The van der Waals surface area contributed by atoms with Crippen LogP contribution < -0.4 is 5.32 Å². The summed E-state index contributed by atoms with van der Waals surface area (Å²) in [5.41, 5.74) is 2.66. The van der Waals surface area contributed by atoms with Crippen LogP contribution in [-0.2, 0) is 17.8 Å². The van der Waals surface area contributed by atoms with Gasteiger partial charge >= 0.3 is 0 Å². The fourth-order valence-corrected chi connectivity index (χ4v) is 2.79. The molecule has 1 aromatic carbocycles. The highest BCUT2D eigenvalue weighted by molar-refractivity contribution is 9.10. The SMILES string of the molecule is CCNCc1ccc(CN(CCOC)C(C)CC)c(Br)c1. The molecule has 120 valence electrons. The first-order chi connectivity index (χ1) is 10.1. The number of benzene rings is 1. The second kappa shape index (κ2) is 10.3. The summed E-state index contributed by atoms with van der Waals surface area (Å²) in [7, 11) is 1.76. The summed E-state index contributed by atoms with van der Waals surface area (Å²) in [6, 6.07) is 7.24. The van der Waals surface area contributed by atoms with Gasteiger partial charge in [0.25, 0.3) is 0 Å². The Balaban J connectivity index is 2.73. The van der Waals surface area contributed by atoms with Crippen LogP contribution in [0.1, 0.15) is 38.3 Å². The largest absolute Gasteiger partial charge is 0.383 e. The maximum Gasteiger partial charge on any atom is 0.0589 e. The Bertz CT molecular complexity index is 412. The third-order valence-electron chi connectivity index (χ3n) is 3.87. The van der Waals surface area contributed by atoms with Crippen molar-refractivity contribution in [1.29, 1.82) is 0 Å². The molecule has 1 aromatic rings. The average molecular weight is 357 g/mol. The van der Waals surface area contributed by atoms with Crippen molar-refractivity contribution in [1.82, 2.24) is 10.2 Å². The van der Waals surface area contributed by atoms with Gasteiger partial charge in [0.05, 0.1) is 6.61 Å². The lowest BCUT2D eigenvalue weighted by Crippen LogP contribution is -2.35. The Hall–Kier alpha value is -0.420. The fourth-order valence-electron chi connectivity index (χ4n) is 2.24. The zero-order valence-electron chi connectivity index (χ0n) is 13.8. The van der Waals surface area contributed by atoms with Crippen molar-refractivity contribution in [3.8, 4) is 0 Å². The van der Waals surface area contributed by atoms with Crippen LogP contribution in [0.15, 0.2) is 22.7 Å². The van der Waals surface area contributed by atoms with Crippen molar-refractivity contribution in [2.24, 2.45) is 0 Å². The number of halogens is 1. The first-order valence-electron chi connectivity index (χ1n) is 7.83. The molecule has 1 unspecified atom stereocenters. The zero-order chi connectivity index (χ0) is 15.7. The highest BCUT2D eigenvalue weighted by atomic mass is 79.9. The molecule has 1 N–H and O–H groups in total. The highest BCUT2D eigenvalue weighted by Gasteiger charge is 2.14. The van der Waals surface area contributed by atoms with Gasteiger partial charge in [-0.3, -0.25) is 4.90 Å². The van der Waals surface area contributed by atoms with Crippen LogP contribution in [0.5, 0.6) is 0 Å². The third-order valence-corrected chi connectivity index (χ3v) is 4.61. The molecule has 0 amide bonds. The number of ether oxygens (including phenoxy) is 1. The van der Waals surface area contributed by atoms with Crippen LogP contribution in [0, 0.1) is 0 Å². The second-order valence-electron chi connectivity index (χ2n) is 5.43. The molecule has 0 bridgehead atoms. The normalized spacial score (nSPS) is 12.9. The van der Waals surface area contributed by atoms with Gasteiger partial charge in [-0.2, -0.15) is 0 Å².